The second kappa shape index (κ2) is 9.37. The van der Waals surface area contributed by atoms with Crippen LogP contribution < -0.4 is 4.90 Å². The van der Waals surface area contributed by atoms with E-state index in [0.717, 1.165) is 38.9 Å². The first-order valence-electron chi connectivity index (χ1n) is 12.8. The molecule has 0 bridgehead atoms. The van der Waals surface area contributed by atoms with Gasteiger partial charge < -0.3 is 9.64 Å². The van der Waals surface area contributed by atoms with Gasteiger partial charge in [0.05, 0.1) is 40.5 Å². The van der Waals surface area contributed by atoms with E-state index in [1.54, 1.807) is 30.5 Å². The zero-order chi connectivity index (χ0) is 26.4. The number of benzene rings is 3. The van der Waals surface area contributed by atoms with Crippen molar-refractivity contribution in [2.75, 3.05) is 31.2 Å². The van der Waals surface area contributed by atoms with Gasteiger partial charge in [0.15, 0.2) is 0 Å². The molecule has 1 aliphatic heterocycles. The van der Waals surface area contributed by atoms with Crippen molar-refractivity contribution in [2.24, 2.45) is 0 Å². The smallest absolute Gasteiger partial charge is 0.268 e. The van der Waals surface area contributed by atoms with Crippen LogP contribution in [-0.4, -0.2) is 53.9 Å². The maximum Gasteiger partial charge on any atom is 0.268 e. The molecule has 1 aliphatic rings. The highest BCUT2D eigenvalue weighted by Crippen LogP contribution is 2.39. The number of nitrogens with zero attached hydrogens (tertiary/aromatic N) is 4. The first-order valence-corrected chi connectivity index (χ1v) is 14.2. The van der Waals surface area contributed by atoms with Crippen LogP contribution >= 0.6 is 0 Å². The van der Waals surface area contributed by atoms with Crippen LogP contribution in [0.5, 0.6) is 0 Å². The highest BCUT2D eigenvalue weighted by atomic mass is 32.2. The lowest BCUT2D eigenvalue weighted by Gasteiger charge is -2.29. The van der Waals surface area contributed by atoms with Crippen molar-refractivity contribution in [2.45, 2.75) is 4.90 Å². The quantitative estimate of drug-likeness (QED) is 0.321. The summed E-state index contributed by atoms with van der Waals surface area (Å²) in [6.07, 6.45) is 1.71. The molecule has 3 aromatic heterocycles. The van der Waals surface area contributed by atoms with Gasteiger partial charge in [-0.1, -0.05) is 54.6 Å². The Morgan fingerprint density at radius 3 is 2.41 bits per heavy atom. The lowest BCUT2D eigenvalue weighted by atomic mass is 10.0. The summed E-state index contributed by atoms with van der Waals surface area (Å²) >= 11 is 0. The van der Waals surface area contributed by atoms with Gasteiger partial charge in [0.2, 0.25) is 0 Å². The Bertz CT molecular complexity index is 1910. The number of hydrogen-bond donors (Lipinski definition) is 1. The molecule has 39 heavy (non-hydrogen) atoms. The van der Waals surface area contributed by atoms with Crippen LogP contribution in [0.25, 0.3) is 44.3 Å². The number of aromatic amines is 1. The Hall–Kier alpha value is -4.47. The molecule has 1 N–H and O–H groups in total. The molecule has 0 aliphatic carbocycles. The maximum absolute atomic E-state index is 14.2. The van der Waals surface area contributed by atoms with Crippen LogP contribution in [0.3, 0.4) is 0 Å². The second-order valence-corrected chi connectivity index (χ2v) is 11.3. The van der Waals surface area contributed by atoms with E-state index in [4.69, 9.17) is 9.72 Å². The third-order valence-electron chi connectivity index (χ3n) is 7.18. The summed E-state index contributed by atoms with van der Waals surface area (Å²) in [5, 5.41) is 8.90. The molecule has 7 rings (SSSR count). The van der Waals surface area contributed by atoms with Crippen LogP contribution in [0.4, 0.5) is 5.82 Å². The average Bonchev–Trinajstić information content (AvgIpc) is 3.66. The summed E-state index contributed by atoms with van der Waals surface area (Å²) in [5.41, 5.74) is 4.52. The Balaban J connectivity index is 1.57. The molecule has 3 aromatic carbocycles. The summed E-state index contributed by atoms with van der Waals surface area (Å²) in [4.78, 5) is 7.53. The first kappa shape index (κ1) is 23.6. The molecule has 6 aromatic rings. The number of H-pyrrole nitrogens is 1. The van der Waals surface area contributed by atoms with Gasteiger partial charge in [-0.3, -0.25) is 5.10 Å². The molecular weight excluding hydrogens is 510 g/mol. The lowest BCUT2D eigenvalue weighted by Crippen LogP contribution is -2.36. The Morgan fingerprint density at radius 1 is 0.821 bits per heavy atom. The number of para-hydroxylation sites is 2. The van der Waals surface area contributed by atoms with E-state index in [9.17, 15) is 8.42 Å². The van der Waals surface area contributed by atoms with Crippen LogP contribution in [0.2, 0.25) is 0 Å². The Morgan fingerprint density at radius 2 is 1.62 bits per heavy atom. The Kier molecular flexibility index (Phi) is 5.68. The van der Waals surface area contributed by atoms with Gasteiger partial charge >= 0.3 is 0 Å². The molecular formula is C30H25N5O3S. The number of anilines is 1. The summed E-state index contributed by atoms with van der Waals surface area (Å²) in [5.74, 6) is 0.779. The normalized spacial score (nSPS) is 14.3. The van der Waals surface area contributed by atoms with Gasteiger partial charge in [0.1, 0.15) is 5.82 Å². The third-order valence-corrected chi connectivity index (χ3v) is 8.92. The highest BCUT2D eigenvalue weighted by molar-refractivity contribution is 7.90. The summed E-state index contributed by atoms with van der Waals surface area (Å²) in [7, 11) is -3.91. The number of pyridine rings is 1. The van der Waals surface area contributed by atoms with E-state index < -0.39 is 10.0 Å². The fraction of sp³-hybridized carbons (Fsp3) is 0.133. The minimum absolute atomic E-state index is 0.234. The number of fused-ring (bicyclic) bond motifs is 2. The summed E-state index contributed by atoms with van der Waals surface area (Å²) in [6.45, 7) is 2.63. The van der Waals surface area contributed by atoms with Gasteiger partial charge in [-0.15, -0.1) is 0 Å². The molecule has 0 saturated carbocycles. The molecule has 9 heteroatoms. The van der Waals surface area contributed by atoms with Crippen LogP contribution in [0.15, 0.2) is 102 Å². The van der Waals surface area contributed by atoms with E-state index in [2.05, 4.69) is 15.1 Å². The van der Waals surface area contributed by atoms with Crippen LogP contribution in [-0.2, 0) is 14.8 Å². The minimum atomic E-state index is -3.91. The third kappa shape index (κ3) is 3.98. The maximum atomic E-state index is 14.2. The number of ether oxygens (including phenoxy) is 1. The number of morpholine rings is 1. The largest absolute Gasteiger partial charge is 0.378 e. The molecule has 0 amide bonds. The predicted octanol–water partition coefficient (Wildman–Crippen LogP) is 5.32. The van der Waals surface area contributed by atoms with E-state index in [0.29, 0.717) is 37.5 Å². The zero-order valence-electron chi connectivity index (χ0n) is 21.0. The van der Waals surface area contributed by atoms with Crippen molar-refractivity contribution in [3.63, 3.8) is 0 Å². The van der Waals surface area contributed by atoms with Gasteiger partial charge in [-0.2, -0.15) is 5.10 Å². The molecule has 0 unspecified atom stereocenters. The second-order valence-electron chi connectivity index (χ2n) is 9.47. The first-order chi connectivity index (χ1) is 19.1. The van der Waals surface area contributed by atoms with Crippen molar-refractivity contribution in [1.29, 1.82) is 0 Å². The van der Waals surface area contributed by atoms with Crippen molar-refractivity contribution in [3.05, 3.63) is 97.2 Å². The number of aromatic nitrogens is 4. The van der Waals surface area contributed by atoms with Gasteiger partial charge in [0, 0.05) is 41.2 Å². The molecule has 1 fully saturated rings. The van der Waals surface area contributed by atoms with E-state index in [1.165, 1.54) is 3.97 Å². The molecule has 194 valence electrons. The molecule has 0 atom stereocenters. The number of rotatable bonds is 5. The van der Waals surface area contributed by atoms with E-state index >= 15 is 0 Å². The monoisotopic (exact) mass is 535 g/mol. The average molecular weight is 536 g/mol. The predicted molar refractivity (Wildman–Crippen MR) is 152 cm³/mol. The van der Waals surface area contributed by atoms with Crippen molar-refractivity contribution in [1.82, 2.24) is 19.2 Å². The van der Waals surface area contributed by atoms with Crippen LogP contribution in [0.1, 0.15) is 0 Å². The number of nitrogens with one attached hydrogen (secondary N) is 1. The highest BCUT2D eigenvalue weighted by Gasteiger charge is 2.26. The lowest BCUT2D eigenvalue weighted by molar-refractivity contribution is 0.122. The van der Waals surface area contributed by atoms with Crippen molar-refractivity contribution < 1.29 is 13.2 Å². The van der Waals surface area contributed by atoms with Gasteiger partial charge in [-0.05, 0) is 36.4 Å². The molecule has 0 spiro atoms. The Labute approximate surface area is 225 Å². The molecule has 0 radical (unpaired) electrons. The molecule has 8 nitrogen and oxygen atoms in total. The minimum Gasteiger partial charge on any atom is -0.378 e. The summed E-state index contributed by atoms with van der Waals surface area (Å²) < 4.78 is 35.4. The SMILES string of the molecule is O=S(=O)(c1ccccc1)n1c(-c2cc(N3CCOCC3)nc3c(-c4ccn[nH]4)cccc23)cc2ccccc21. The van der Waals surface area contributed by atoms with E-state index in [-0.39, 0.29) is 4.90 Å². The van der Waals surface area contributed by atoms with Gasteiger partial charge in [-0.25, -0.2) is 17.4 Å². The molecule has 1 saturated heterocycles. The van der Waals surface area contributed by atoms with Crippen molar-refractivity contribution >= 4 is 37.6 Å². The van der Waals surface area contributed by atoms with Crippen LogP contribution in [0, 0.1) is 0 Å². The van der Waals surface area contributed by atoms with Gasteiger partial charge in [0.25, 0.3) is 10.0 Å². The fourth-order valence-corrected chi connectivity index (χ4v) is 6.85. The zero-order valence-corrected chi connectivity index (χ0v) is 21.8. The standard InChI is InChI=1S/C30H25N5O3S/c36-39(37,22-8-2-1-3-9-22)35-27-12-5-4-7-21(27)19-28(35)25-20-29(34-15-17-38-18-16-34)32-30-23(25)10-6-11-24(30)26-13-14-31-33-26/h1-14,19-20H,15-18H2,(H,31,33). The topological polar surface area (TPSA) is 93.1 Å². The van der Waals surface area contributed by atoms with Crippen molar-refractivity contribution in [3.8, 4) is 22.5 Å². The van der Waals surface area contributed by atoms with E-state index in [1.807, 2.05) is 66.7 Å². The summed E-state index contributed by atoms with van der Waals surface area (Å²) in [6, 6.07) is 28.0. The molecule has 4 heterocycles. The fourth-order valence-electron chi connectivity index (χ4n) is 5.30. The number of hydrogen-bond acceptors (Lipinski definition) is 6.